The molecule has 5 heteroatoms. The van der Waals surface area contributed by atoms with Gasteiger partial charge >= 0.3 is 5.97 Å². The van der Waals surface area contributed by atoms with Crippen LogP contribution >= 0.6 is 23.4 Å². The van der Waals surface area contributed by atoms with Gasteiger partial charge in [-0.1, -0.05) is 31.5 Å². The molecule has 0 heterocycles. The molecule has 0 aliphatic heterocycles. The van der Waals surface area contributed by atoms with Crippen LogP contribution in [0.15, 0.2) is 23.1 Å². The van der Waals surface area contributed by atoms with Crippen LogP contribution in [0.1, 0.15) is 25.8 Å². The summed E-state index contributed by atoms with van der Waals surface area (Å²) in [6, 6.07) is 6.06. The first-order chi connectivity index (χ1) is 9.52. The van der Waals surface area contributed by atoms with Crippen LogP contribution < -0.4 is 5.32 Å². The fourth-order valence-corrected chi connectivity index (χ4v) is 2.84. The van der Waals surface area contributed by atoms with Gasteiger partial charge in [0.25, 0.3) is 0 Å². The zero-order valence-corrected chi connectivity index (χ0v) is 13.8. The molecule has 0 amide bonds. The maximum atomic E-state index is 11.0. The zero-order valence-electron chi connectivity index (χ0n) is 12.2. The lowest BCUT2D eigenvalue weighted by Crippen LogP contribution is -2.18. The van der Waals surface area contributed by atoms with Gasteiger partial charge in [-0.05, 0) is 30.2 Å². The minimum absolute atomic E-state index is 0.192. The fraction of sp³-hybridized carbons (Fsp3) is 0.533. The quantitative estimate of drug-likeness (QED) is 0.586. The summed E-state index contributed by atoms with van der Waals surface area (Å²) in [7, 11) is 1.40. The highest BCUT2D eigenvalue weighted by molar-refractivity contribution is 7.99. The van der Waals surface area contributed by atoms with Gasteiger partial charge < -0.3 is 10.1 Å². The van der Waals surface area contributed by atoms with Crippen LogP contribution in [0.2, 0.25) is 5.02 Å². The lowest BCUT2D eigenvalue weighted by Gasteiger charge is -2.09. The van der Waals surface area contributed by atoms with E-state index in [9.17, 15) is 4.79 Å². The Bertz CT molecular complexity index is 438. The standard InChI is InChI=1S/C15H22ClNO2S/c1-11(2)9-17-10-12-4-5-14(13(16)8-12)20-7-6-15(18)19-3/h4-5,8,11,17H,6-7,9-10H2,1-3H3. The van der Waals surface area contributed by atoms with Crippen molar-refractivity contribution < 1.29 is 9.53 Å². The minimum Gasteiger partial charge on any atom is -0.469 e. The molecule has 0 bridgehead atoms. The molecular formula is C15H22ClNO2S. The molecule has 1 N–H and O–H groups in total. The zero-order chi connectivity index (χ0) is 15.0. The first kappa shape index (κ1) is 17.3. The van der Waals surface area contributed by atoms with E-state index in [1.54, 1.807) is 11.8 Å². The number of hydrogen-bond donors (Lipinski definition) is 1. The third kappa shape index (κ3) is 6.64. The van der Waals surface area contributed by atoms with Crippen molar-refractivity contribution in [2.45, 2.75) is 31.7 Å². The van der Waals surface area contributed by atoms with Crippen molar-refractivity contribution in [2.75, 3.05) is 19.4 Å². The van der Waals surface area contributed by atoms with E-state index in [4.69, 9.17) is 11.6 Å². The average molecular weight is 316 g/mol. The smallest absolute Gasteiger partial charge is 0.306 e. The Labute approximate surface area is 130 Å². The van der Waals surface area contributed by atoms with Crippen molar-refractivity contribution >= 4 is 29.3 Å². The highest BCUT2D eigenvalue weighted by atomic mass is 35.5. The van der Waals surface area contributed by atoms with Gasteiger partial charge in [0.2, 0.25) is 0 Å². The molecule has 0 spiro atoms. The molecule has 0 radical (unpaired) electrons. The second-order valence-corrected chi connectivity index (χ2v) is 6.51. The summed E-state index contributed by atoms with van der Waals surface area (Å²) in [6.45, 7) is 6.18. The van der Waals surface area contributed by atoms with E-state index >= 15 is 0 Å². The van der Waals surface area contributed by atoms with Gasteiger partial charge in [-0.15, -0.1) is 11.8 Å². The number of ether oxygens (including phenoxy) is 1. The first-order valence-corrected chi connectivity index (χ1v) is 8.08. The molecule has 0 atom stereocenters. The van der Waals surface area contributed by atoms with Crippen LogP contribution in [0.5, 0.6) is 0 Å². The summed E-state index contributed by atoms with van der Waals surface area (Å²) in [5.74, 6) is 1.12. The van der Waals surface area contributed by atoms with Crippen molar-refractivity contribution in [3.8, 4) is 0 Å². The largest absolute Gasteiger partial charge is 0.469 e. The van der Waals surface area contributed by atoms with Crippen LogP contribution in [0, 0.1) is 5.92 Å². The number of rotatable bonds is 8. The second-order valence-electron chi connectivity index (χ2n) is 4.96. The Morgan fingerprint density at radius 3 is 2.80 bits per heavy atom. The minimum atomic E-state index is -0.192. The maximum Gasteiger partial charge on any atom is 0.306 e. The van der Waals surface area contributed by atoms with Crippen molar-refractivity contribution in [1.82, 2.24) is 5.32 Å². The molecule has 0 aromatic heterocycles. The topological polar surface area (TPSA) is 38.3 Å². The summed E-state index contributed by atoms with van der Waals surface area (Å²) in [5.41, 5.74) is 1.17. The lowest BCUT2D eigenvalue weighted by atomic mass is 10.2. The number of halogens is 1. The molecule has 0 fully saturated rings. The van der Waals surface area contributed by atoms with Crippen LogP contribution in [0.4, 0.5) is 0 Å². The Balaban J connectivity index is 2.44. The van der Waals surface area contributed by atoms with Crippen molar-refractivity contribution in [2.24, 2.45) is 5.92 Å². The van der Waals surface area contributed by atoms with E-state index < -0.39 is 0 Å². The molecular weight excluding hydrogens is 294 g/mol. The first-order valence-electron chi connectivity index (χ1n) is 6.71. The highest BCUT2D eigenvalue weighted by Crippen LogP contribution is 2.28. The number of carbonyl (C=O) groups is 1. The molecule has 112 valence electrons. The summed E-state index contributed by atoms with van der Waals surface area (Å²) in [5, 5.41) is 4.13. The highest BCUT2D eigenvalue weighted by Gasteiger charge is 2.05. The predicted octanol–water partition coefficient (Wildman–Crippen LogP) is 3.74. The van der Waals surface area contributed by atoms with E-state index in [2.05, 4.69) is 30.0 Å². The lowest BCUT2D eigenvalue weighted by molar-refractivity contribution is -0.140. The SMILES string of the molecule is COC(=O)CCSc1ccc(CNCC(C)C)cc1Cl. The van der Waals surface area contributed by atoms with Crippen molar-refractivity contribution in [3.05, 3.63) is 28.8 Å². The Morgan fingerprint density at radius 2 is 2.20 bits per heavy atom. The fourth-order valence-electron chi connectivity index (χ4n) is 1.62. The third-order valence-electron chi connectivity index (χ3n) is 2.67. The number of benzene rings is 1. The van der Waals surface area contributed by atoms with E-state index in [1.807, 2.05) is 12.1 Å². The molecule has 0 aliphatic carbocycles. The number of thioether (sulfide) groups is 1. The van der Waals surface area contributed by atoms with E-state index in [-0.39, 0.29) is 5.97 Å². The summed E-state index contributed by atoms with van der Waals surface area (Å²) in [6.07, 6.45) is 0.398. The van der Waals surface area contributed by atoms with Crippen LogP contribution in [0.25, 0.3) is 0 Å². The van der Waals surface area contributed by atoms with Gasteiger partial charge in [0.15, 0.2) is 0 Å². The number of esters is 1. The summed E-state index contributed by atoms with van der Waals surface area (Å²) < 4.78 is 4.61. The second kappa shape index (κ2) is 9.27. The molecule has 1 rings (SSSR count). The van der Waals surface area contributed by atoms with Gasteiger partial charge in [0, 0.05) is 17.2 Å². The van der Waals surface area contributed by atoms with Gasteiger partial charge in [-0.2, -0.15) is 0 Å². The Hall–Kier alpha value is -0.710. The third-order valence-corrected chi connectivity index (χ3v) is 4.17. The van der Waals surface area contributed by atoms with E-state index in [1.165, 1.54) is 12.7 Å². The maximum absolute atomic E-state index is 11.0. The molecule has 0 aliphatic rings. The number of hydrogen-bond acceptors (Lipinski definition) is 4. The molecule has 1 aromatic rings. The average Bonchev–Trinajstić information content (AvgIpc) is 2.40. The number of nitrogens with one attached hydrogen (secondary N) is 1. The van der Waals surface area contributed by atoms with Gasteiger partial charge in [-0.25, -0.2) is 0 Å². The molecule has 3 nitrogen and oxygen atoms in total. The summed E-state index contributed by atoms with van der Waals surface area (Å²) >= 11 is 7.83. The van der Waals surface area contributed by atoms with Crippen LogP contribution in [0.3, 0.4) is 0 Å². The van der Waals surface area contributed by atoms with Gasteiger partial charge in [0.1, 0.15) is 0 Å². The monoisotopic (exact) mass is 315 g/mol. The van der Waals surface area contributed by atoms with E-state index in [0.29, 0.717) is 18.1 Å². The molecule has 1 aromatic carbocycles. The molecule has 20 heavy (non-hydrogen) atoms. The van der Waals surface area contributed by atoms with Crippen molar-refractivity contribution in [1.29, 1.82) is 0 Å². The normalized spacial score (nSPS) is 10.8. The van der Waals surface area contributed by atoms with Crippen LogP contribution in [-0.2, 0) is 16.1 Å². The number of methoxy groups -OCH3 is 1. The molecule has 0 saturated carbocycles. The summed E-state index contributed by atoms with van der Waals surface area (Å²) in [4.78, 5) is 12.0. The van der Waals surface area contributed by atoms with Crippen LogP contribution in [-0.4, -0.2) is 25.4 Å². The molecule has 0 unspecified atom stereocenters. The number of carbonyl (C=O) groups excluding carboxylic acids is 1. The molecule has 0 saturated heterocycles. The Kier molecular flexibility index (Phi) is 8.04. The Morgan fingerprint density at radius 1 is 1.45 bits per heavy atom. The van der Waals surface area contributed by atoms with E-state index in [0.717, 1.165) is 23.0 Å². The van der Waals surface area contributed by atoms with Crippen molar-refractivity contribution in [3.63, 3.8) is 0 Å². The predicted molar refractivity (Wildman–Crippen MR) is 85.4 cm³/mol. The van der Waals surface area contributed by atoms with Gasteiger partial charge in [-0.3, -0.25) is 4.79 Å². The van der Waals surface area contributed by atoms with Gasteiger partial charge in [0.05, 0.1) is 18.6 Å².